The average Bonchev–Trinajstić information content (AvgIpc) is 2.69. The van der Waals surface area contributed by atoms with Crippen LogP contribution >= 0.6 is 0 Å². The highest BCUT2D eigenvalue weighted by atomic mass is 16.5. The molecule has 0 aliphatic carbocycles. The molecule has 2 atom stereocenters. The van der Waals surface area contributed by atoms with Gasteiger partial charge in [0.25, 0.3) is 0 Å². The van der Waals surface area contributed by atoms with Gasteiger partial charge < -0.3 is 14.7 Å². The molecule has 1 aromatic carbocycles. The topological polar surface area (TPSA) is 56.3 Å². The second-order valence-electron chi connectivity index (χ2n) is 7.79. The number of aliphatic hydroxyl groups excluding tert-OH is 1. The third kappa shape index (κ3) is 6.19. The quantitative estimate of drug-likeness (QED) is 0.782. The summed E-state index contributed by atoms with van der Waals surface area (Å²) >= 11 is 0. The van der Waals surface area contributed by atoms with Gasteiger partial charge in [-0.3, -0.25) is 14.6 Å². The van der Waals surface area contributed by atoms with Crippen LogP contribution in [0.4, 0.5) is 0 Å². The van der Waals surface area contributed by atoms with Crippen LogP contribution in [-0.4, -0.2) is 90.3 Å². The number of likely N-dealkylation sites (tertiary alicyclic amines) is 1. The maximum Gasteiger partial charge on any atom is 0.236 e. The number of carbonyl (C=O) groups excluding carboxylic acids is 1. The van der Waals surface area contributed by atoms with Crippen LogP contribution in [0.2, 0.25) is 0 Å². The lowest BCUT2D eigenvalue weighted by Gasteiger charge is -2.38. The van der Waals surface area contributed by atoms with Gasteiger partial charge in [-0.15, -0.1) is 0 Å². The van der Waals surface area contributed by atoms with Gasteiger partial charge in [0, 0.05) is 45.3 Å². The molecule has 6 heteroatoms. The summed E-state index contributed by atoms with van der Waals surface area (Å²) in [5, 5.41) is 10.2. The Morgan fingerprint density at radius 3 is 2.52 bits per heavy atom. The maximum absolute atomic E-state index is 12.6. The number of benzene rings is 1. The Hall–Kier alpha value is -1.63. The molecule has 0 spiro atoms. The maximum atomic E-state index is 12.6. The van der Waals surface area contributed by atoms with E-state index in [2.05, 4.69) is 21.6 Å². The van der Waals surface area contributed by atoms with Gasteiger partial charge in [0.1, 0.15) is 18.5 Å². The number of para-hydroxylation sites is 1. The number of hydrogen-bond acceptors (Lipinski definition) is 5. The highest BCUT2D eigenvalue weighted by Gasteiger charge is 2.26. The lowest BCUT2D eigenvalue weighted by Crippen LogP contribution is -2.53. The predicted molar refractivity (Wildman–Crippen MR) is 106 cm³/mol. The van der Waals surface area contributed by atoms with E-state index in [1.54, 1.807) is 0 Å². The van der Waals surface area contributed by atoms with Gasteiger partial charge in [-0.05, 0) is 38.3 Å². The summed E-state index contributed by atoms with van der Waals surface area (Å²) in [4.78, 5) is 19.1. The van der Waals surface area contributed by atoms with E-state index < -0.39 is 6.10 Å². The molecule has 0 bridgehead atoms. The van der Waals surface area contributed by atoms with Crippen LogP contribution in [0.25, 0.3) is 0 Å². The number of aliphatic hydroxyl groups is 1. The van der Waals surface area contributed by atoms with Crippen LogP contribution in [0, 0.1) is 0 Å². The van der Waals surface area contributed by atoms with Crippen LogP contribution in [0.1, 0.15) is 26.2 Å². The number of β-amino-alcohol motifs (C(OH)–C–C–N with tert-alkyl or cyclic N) is 1. The third-order valence-corrected chi connectivity index (χ3v) is 5.60. The number of carbonyl (C=O) groups is 1. The summed E-state index contributed by atoms with van der Waals surface area (Å²) in [6, 6.07) is 9.96. The molecule has 0 aromatic heterocycles. The number of amides is 1. The Balaban J connectivity index is 1.34. The van der Waals surface area contributed by atoms with Crippen LogP contribution < -0.4 is 4.74 Å². The van der Waals surface area contributed by atoms with E-state index in [9.17, 15) is 9.90 Å². The molecule has 0 radical (unpaired) electrons. The number of rotatable bonds is 7. The minimum Gasteiger partial charge on any atom is -0.491 e. The molecular formula is C21H33N3O3. The molecule has 2 saturated heterocycles. The second-order valence-corrected chi connectivity index (χ2v) is 7.79. The first-order valence-corrected chi connectivity index (χ1v) is 10.2. The molecule has 2 aliphatic rings. The van der Waals surface area contributed by atoms with Crippen molar-refractivity contribution in [2.24, 2.45) is 0 Å². The van der Waals surface area contributed by atoms with Crippen molar-refractivity contribution in [1.82, 2.24) is 14.7 Å². The first kappa shape index (κ1) is 20.1. The van der Waals surface area contributed by atoms with Crippen molar-refractivity contribution in [3.05, 3.63) is 30.3 Å². The number of piperidine rings is 1. The first-order chi connectivity index (χ1) is 13.1. The Morgan fingerprint density at radius 2 is 1.81 bits per heavy atom. The van der Waals surface area contributed by atoms with E-state index >= 15 is 0 Å². The van der Waals surface area contributed by atoms with E-state index in [4.69, 9.17) is 4.74 Å². The smallest absolute Gasteiger partial charge is 0.236 e. The van der Waals surface area contributed by atoms with E-state index in [0.29, 0.717) is 25.7 Å². The first-order valence-electron chi connectivity index (χ1n) is 10.2. The van der Waals surface area contributed by atoms with Crippen LogP contribution in [0.3, 0.4) is 0 Å². The molecule has 0 saturated carbocycles. The van der Waals surface area contributed by atoms with Gasteiger partial charge in [-0.25, -0.2) is 0 Å². The monoisotopic (exact) mass is 375 g/mol. The fraction of sp³-hybridized carbons (Fsp3) is 0.667. The Bertz CT molecular complexity index is 575. The molecule has 150 valence electrons. The third-order valence-electron chi connectivity index (χ3n) is 5.60. The van der Waals surface area contributed by atoms with Gasteiger partial charge in [0.05, 0.1) is 6.54 Å². The highest BCUT2D eigenvalue weighted by molar-refractivity contribution is 5.78. The number of hydrogen-bond donors (Lipinski definition) is 1. The molecule has 2 fully saturated rings. The van der Waals surface area contributed by atoms with Gasteiger partial charge in [0.2, 0.25) is 5.91 Å². The Kier molecular flexibility index (Phi) is 7.50. The van der Waals surface area contributed by atoms with Crippen LogP contribution in [-0.2, 0) is 4.79 Å². The van der Waals surface area contributed by atoms with Crippen molar-refractivity contribution in [1.29, 1.82) is 0 Å². The summed E-state index contributed by atoms with van der Waals surface area (Å²) in [6.45, 7) is 8.02. The van der Waals surface area contributed by atoms with E-state index in [0.717, 1.165) is 51.3 Å². The zero-order valence-corrected chi connectivity index (χ0v) is 16.4. The molecule has 2 unspecified atom stereocenters. The normalized spacial score (nSPS) is 23.2. The van der Waals surface area contributed by atoms with E-state index in [1.165, 1.54) is 6.42 Å². The Labute approximate surface area is 162 Å². The fourth-order valence-electron chi connectivity index (χ4n) is 3.94. The van der Waals surface area contributed by atoms with Crippen molar-refractivity contribution in [2.75, 3.05) is 52.4 Å². The zero-order valence-electron chi connectivity index (χ0n) is 16.4. The molecule has 6 nitrogen and oxygen atoms in total. The van der Waals surface area contributed by atoms with Crippen molar-refractivity contribution >= 4 is 5.91 Å². The summed E-state index contributed by atoms with van der Waals surface area (Å²) in [5.41, 5.74) is 0. The van der Waals surface area contributed by atoms with Crippen molar-refractivity contribution in [2.45, 2.75) is 38.3 Å². The largest absolute Gasteiger partial charge is 0.491 e. The number of ether oxygens (including phenoxy) is 1. The van der Waals surface area contributed by atoms with E-state index in [1.807, 2.05) is 30.3 Å². The minimum absolute atomic E-state index is 0.270. The zero-order chi connectivity index (χ0) is 19.1. The summed E-state index contributed by atoms with van der Waals surface area (Å²) in [6.07, 6.45) is 2.99. The summed E-state index contributed by atoms with van der Waals surface area (Å²) in [7, 11) is 0. The highest BCUT2D eigenvalue weighted by Crippen LogP contribution is 2.17. The molecular weight excluding hydrogens is 342 g/mol. The Morgan fingerprint density at radius 1 is 1.11 bits per heavy atom. The van der Waals surface area contributed by atoms with Gasteiger partial charge in [-0.1, -0.05) is 18.2 Å². The molecule has 1 aromatic rings. The number of nitrogens with zero attached hydrogens (tertiary/aromatic N) is 3. The predicted octanol–water partition coefficient (Wildman–Crippen LogP) is 1.44. The van der Waals surface area contributed by atoms with E-state index in [-0.39, 0.29) is 5.91 Å². The molecule has 27 heavy (non-hydrogen) atoms. The SMILES string of the molecule is CC1CCCCN1C(=O)CN1CCN(CC(O)COc2ccccc2)CC1. The standard InChI is InChI=1S/C21H33N3O3/c1-18-7-5-6-10-24(18)21(26)16-23-13-11-22(12-14-23)15-19(25)17-27-20-8-3-2-4-9-20/h2-4,8-9,18-19,25H,5-7,10-17H2,1H3. The van der Waals surface area contributed by atoms with Gasteiger partial charge in [-0.2, -0.15) is 0 Å². The molecule has 2 aliphatic heterocycles. The summed E-state index contributed by atoms with van der Waals surface area (Å²) in [5.74, 6) is 1.05. The second kappa shape index (κ2) is 10.1. The fourth-order valence-corrected chi connectivity index (χ4v) is 3.94. The molecule has 2 heterocycles. The molecule has 1 amide bonds. The van der Waals surface area contributed by atoms with Gasteiger partial charge in [0.15, 0.2) is 0 Å². The lowest BCUT2D eigenvalue weighted by molar-refractivity contribution is -0.136. The lowest BCUT2D eigenvalue weighted by atomic mass is 10.0. The van der Waals surface area contributed by atoms with Crippen LogP contribution in [0.5, 0.6) is 5.75 Å². The van der Waals surface area contributed by atoms with Gasteiger partial charge >= 0.3 is 0 Å². The number of piperazine rings is 1. The summed E-state index contributed by atoms with van der Waals surface area (Å²) < 4.78 is 5.62. The average molecular weight is 376 g/mol. The minimum atomic E-state index is -0.507. The van der Waals surface area contributed by atoms with Crippen molar-refractivity contribution in [3.8, 4) is 5.75 Å². The van der Waals surface area contributed by atoms with Crippen molar-refractivity contribution in [3.63, 3.8) is 0 Å². The van der Waals surface area contributed by atoms with Crippen LogP contribution in [0.15, 0.2) is 30.3 Å². The van der Waals surface area contributed by atoms with Crippen molar-refractivity contribution < 1.29 is 14.6 Å². The molecule has 1 N–H and O–H groups in total. The molecule has 3 rings (SSSR count).